The Hall–Kier alpha value is -2.18. The van der Waals surface area contributed by atoms with Crippen LogP contribution in [-0.4, -0.2) is 59.6 Å². The van der Waals surface area contributed by atoms with Gasteiger partial charge in [0.15, 0.2) is 0 Å². The molecule has 1 atom stereocenters. The zero-order chi connectivity index (χ0) is 19.8. The Kier molecular flexibility index (Phi) is 5.40. The summed E-state index contributed by atoms with van der Waals surface area (Å²) in [5, 5.41) is 7.50. The third-order valence-electron chi connectivity index (χ3n) is 5.40. The number of anilines is 1. The molecule has 1 aliphatic heterocycles. The number of fused-ring (bicyclic) bond motifs is 1. The molecule has 1 aliphatic carbocycles. The van der Waals surface area contributed by atoms with Gasteiger partial charge in [0.2, 0.25) is 0 Å². The van der Waals surface area contributed by atoms with Crippen molar-refractivity contribution in [2.45, 2.75) is 64.1 Å². The molecular weight excluding hydrogens is 342 g/mol. The summed E-state index contributed by atoms with van der Waals surface area (Å²) < 4.78 is 7.38. The van der Waals surface area contributed by atoms with Gasteiger partial charge in [-0.2, -0.15) is 5.10 Å². The summed E-state index contributed by atoms with van der Waals surface area (Å²) in [6.45, 7) is 5.67. The Balaban J connectivity index is 1.62. The molecule has 3 rings (SSSR count). The van der Waals surface area contributed by atoms with E-state index in [0.29, 0.717) is 12.0 Å². The molecule has 2 heterocycles. The van der Waals surface area contributed by atoms with Crippen molar-refractivity contribution in [1.82, 2.24) is 20.0 Å². The summed E-state index contributed by atoms with van der Waals surface area (Å²) >= 11 is 0. The van der Waals surface area contributed by atoms with Crippen LogP contribution in [0.3, 0.4) is 0 Å². The zero-order valence-electron chi connectivity index (χ0n) is 17.4. The molecule has 1 unspecified atom stereocenters. The molecular formula is C20H33N5O2. The van der Waals surface area contributed by atoms with Gasteiger partial charge in [0.1, 0.15) is 17.2 Å². The van der Waals surface area contributed by atoms with E-state index in [0.717, 1.165) is 37.3 Å². The number of amides is 1. The van der Waals surface area contributed by atoms with Crippen LogP contribution in [-0.2, 0) is 4.74 Å². The van der Waals surface area contributed by atoms with Crippen molar-refractivity contribution in [3.8, 4) is 0 Å². The lowest BCUT2D eigenvalue weighted by Gasteiger charge is -2.41. The molecule has 2 aliphatic rings. The normalized spacial score (nSPS) is 25.5. The van der Waals surface area contributed by atoms with E-state index in [2.05, 4.69) is 53.5 Å². The molecule has 0 saturated heterocycles. The van der Waals surface area contributed by atoms with Crippen LogP contribution in [0.25, 0.3) is 5.82 Å². The number of hydrogen-bond donors (Lipinski definition) is 1. The van der Waals surface area contributed by atoms with E-state index >= 15 is 0 Å². The molecule has 7 heteroatoms. The van der Waals surface area contributed by atoms with Gasteiger partial charge < -0.3 is 19.9 Å². The summed E-state index contributed by atoms with van der Waals surface area (Å²) in [7, 11) is 6.26. The SMILES string of the molecule is CN(C)C1=CC(C2CCC(NC(=O)OC(C)(C)C)CC2)N(C)c2ccnn21. The van der Waals surface area contributed by atoms with Crippen LogP contribution in [0.1, 0.15) is 46.5 Å². The van der Waals surface area contributed by atoms with Crippen molar-refractivity contribution in [2.24, 2.45) is 5.92 Å². The largest absolute Gasteiger partial charge is 0.444 e. The molecule has 0 radical (unpaired) electrons. The molecule has 1 N–H and O–H groups in total. The molecule has 0 spiro atoms. The van der Waals surface area contributed by atoms with E-state index in [-0.39, 0.29) is 12.1 Å². The second kappa shape index (κ2) is 7.44. The van der Waals surface area contributed by atoms with E-state index in [4.69, 9.17) is 4.74 Å². The van der Waals surface area contributed by atoms with E-state index in [1.54, 1.807) is 0 Å². The van der Waals surface area contributed by atoms with E-state index in [1.807, 2.05) is 31.6 Å². The van der Waals surface area contributed by atoms with Crippen molar-refractivity contribution in [3.05, 3.63) is 18.3 Å². The average Bonchev–Trinajstić information content (AvgIpc) is 3.04. The van der Waals surface area contributed by atoms with E-state index in [1.165, 1.54) is 0 Å². The number of carbonyl (C=O) groups is 1. The lowest BCUT2D eigenvalue weighted by Crippen LogP contribution is -2.46. The van der Waals surface area contributed by atoms with Crippen molar-refractivity contribution in [2.75, 3.05) is 26.0 Å². The van der Waals surface area contributed by atoms with Gasteiger partial charge in [-0.15, -0.1) is 0 Å². The summed E-state index contributed by atoms with van der Waals surface area (Å²) in [5.41, 5.74) is -0.456. The maximum absolute atomic E-state index is 12.0. The molecule has 27 heavy (non-hydrogen) atoms. The monoisotopic (exact) mass is 375 g/mol. The molecule has 150 valence electrons. The lowest BCUT2D eigenvalue weighted by atomic mass is 9.80. The number of likely N-dealkylation sites (N-methyl/N-ethyl adjacent to an activating group) is 1. The second-order valence-electron chi connectivity index (χ2n) is 8.88. The van der Waals surface area contributed by atoms with Crippen molar-refractivity contribution >= 4 is 17.7 Å². The predicted molar refractivity (Wildman–Crippen MR) is 107 cm³/mol. The number of aromatic nitrogens is 2. The number of ether oxygens (including phenoxy) is 1. The van der Waals surface area contributed by atoms with Gasteiger partial charge in [0.25, 0.3) is 0 Å². The number of carbonyl (C=O) groups excluding carboxylic acids is 1. The van der Waals surface area contributed by atoms with E-state index in [9.17, 15) is 4.79 Å². The van der Waals surface area contributed by atoms with Gasteiger partial charge in [-0.3, -0.25) is 0 Å². The van der Waals surface area contributed by atoms with Gasteiger partial charge in [-0.1, -0.05) is 0 Å². The molecule has 7 nitrogen and oxygen atoms in total. The Bertz CT molecular complexity index is 695. The first-order valence-corrected chi connectivity index (χ1v) is 9.81. The van der Waals surface area contributed by atoms with Gasteiger partial charge >= 0.3 is 6.09 Å². The molecule has 1 saturated carbocycles. The van der Waals surface area contributed by atoms with Crippen molar-refractivity contribution in [1.29, 1.82) is 0 Å². The molecule has 0 aromatic carbocycles. The van der Waals surface area contributed by atoms with Gasteiger partial charge in [-0.25, -0.2) is 9.48 Å². The highest BCUT2D eigenvalue weighted by Crippen LogP contribution is 2.36. The Morgan fingerprint density at radius 2 is 1.93 bits per heavy atom. The summed E-state index contributed by atoms with van der Waals surface area (Å²) in [6, 6.07) is 2.61. The fourth-order valence-electron chi connectivity index (χ4n) is 4.10. The number of alkyl carbamates (subject to hydrolysis) is 1. The minimum absolute atomic E-state index is 0.202. The van der Waals surface area contributed by atoms with Crippen LogP contribution >= 0.6 is 0 Å². The highest BCUT2D eigenvalue weighted by Gasteiger charge is 2.34. The van der Waals surface area contributed by atoms with Gasteiger partial charge in [0.05, 0.1) is 12.2 Å². The highest BCUT2D eigenvalue weighted by atomic mass is 16.6. The summed E-state index contributed by atoms with van der Waals surface area (Å²) in [5.74, 6) is 2.80. The van der Waals surface area contributed by atoms with Crippen molar-refractivity contribution in [3.63, 3.8) is 0 Å². The third-order valence-corrected chi connectivity index (χ3v) is 5.40. The average molecular weight is 376 g/mol. The number of nitrogens with one attached hydrogen (secondary N) is 1. The number of nitrogens with zero attached hydrogens (tertiary/aromatic N) is 4. The Morgan fingerprint density at radius 1 is 1.26 bits per heavy atom. The van der Waals surface area contributed by atoms with Crippen LogP contribution in [0, 0.1) is 5.92 Å². The summed E-state index contributed by atoms with van der Waals surface area (Å²) in [4.78, 5) is 16.5. The Morgan fingerprint density at radius 3 is 2.52 bits per heavy atom. The third kappa shape index (κ3) is 4.39. The zero-order valence-corrected chi connectivity index (χ0v) is 17.4. The number of hydrogen-bond acceptors (Lipinski definition) is 5. The predicted octanol–water partition coefficient (Wildman–Crippen LogP) is 3.15. The van der Waals surface area contributed by atoms with Gasteiger partial charge in [-0.05, 0) is 58.4 Å². The summed E-state index contributed by atoms with van der Waals surface area (Å²) in [6.07, 6.45) is 8.01. The molecule has 1 aromatic heterocycles. The minimum atomic E-state index is -0.456. The van der Waals surface area contributed by atoms with Crippen molar-refractivity contribution < 1.29 is 9.53 Å². The van der Waals surface area contributed by atoms with Crippen LogP contribution in [0.5, 0.6) is 0 Å². The highest BCUT2D eigenvalue weighted by molar-refractivity contribution is 5.68. The number of rotatable bonds is 3. The lowest BCUT2D eigenvalue weighted by molar-refractivity contribution is 0.0486. The van der Waals surface area contributed by atoms with Gasteiger partial charge in [0, 0.05) is 33.3 Å². The maximum Gasteiger partial charge on any atom is 0.407 e. The first-order chi connectivity index (χ1) is 12.7. The fourth-order valence-corrected chi connectivity index (χ4v) is 4.10. The Labute approximate surface area is 162 Å². The molecule has 0 bridgehead atoms. The topological polar surface area (TPSA) is 62.6 Å². The fraction of sp³-hybridized carbons (Fsp3) is 0.700. The minimum Gasteiger partial charge on any atom is -0.444 e. The second-order valence-corrected chi connectivity index (χ2v) is 8.88. The van der Waals surface area contributed by atoms with Crippen LogP contribution < -0.4 is 10.2 Å². The maximum atomic E-state index is 12.0. The quantitative estimate of drug-likeness (QED) is 0.879. The smallest absolute Gasteiger partial charge is 0.407 e. The molecule has 1 fully saturated rings. The first kappa shape index (κ1) is 19.6. The van der Waals surface area contributed by atoms with Crippen LogP contribution in [0.2, 0.25) is 0 Å². The molecule has 1 amide bonds. The molecule has 1 aromatic rings. The van der Waals surface area contributed by atoms with Crippen LogP contribution in [0.4, 0.5) is 10.6 Å². The first-order valence-electron chi connectivity index (χ1n) is 9.81. The van der Waals surface area contributed by atoms with Crippen LogP contribution in [0.15, 0.2) is 18.3 Å². The van der Waals surface area contributed by atoms with E-state index < -0.39 is 5.60 Å². The standard InChI is InChI=1S/C20H33N5O2/c1-20(2,3)27-19(26)22-15-9-7-14(8-10-15)16-13-18(23(4)5)25-17(24(16)6)11-12-21-25/h11-16H,7-10H2,1-6H3,(H,22,26).